The summed E-state index contributed by atoms with van der Waals surface area (Å²) in [6.45, 7) is 6.78. The Bertz CT molecular complexity index is 730. The maximum Gasteiger partial charge on any atom is 0.151 e. The first-order valence-corrected chi connectivity index (χ1v) is 9.25. The average Bonchev–Trinajstić information content (AvgIpc) is 2.63. The SMILES string of the molecule is CSc1ncnc(N2CCN(Cc3ccc(C)cc3)CC2)c1C#N. The third-order valence-electron chi connectivity index (χ3n) is 4.30. The molecule has 0 radical (unpaired) electrons. The molecule has 0 saturated carbocycles. The van der Waals surface area contributed by atoms with Crippen LogP contribution in [0.5, 0.6) is 0 Å². The molecule has 0 bridgehead atoms. The fourth-order valence-corrected chi connectivity index (χ4v) is 3.42. The molecule has 2 aromatic rings. The van der Waals surface area contributed by atoms with Crippen molar-refractivity contribution in [1.29, 1.82) is 5.26 Å². The second-order valence-corrected chi connectivity index (χ2v) is 6.74. The van der Waals surface area contributed by atoms with Gasteiger partial charge in [-0.3, -0.25) is 4.90 Å². The fraction of sp³-hybridized carbons (Fsp3) is 0.389. The number of aryl methyl sites for hydroxylation is 1. The molecule has 0 atom stereocenters. The Morgan fingerprint density at radius 1 is 1.12 bits per heavy atom. The molecule has 1 aliphatic rings. The molecule has 1 aliphatic heterocycles. The molecule has 0 N–H and O–H groups in total. The van der Waals surface area contributed by atoms with Crippen LogP contribution in [0.4, 0.5) is 5.82 Å². The number of rotatable bonds is 4. The van der Waals surface area contributed by atoms with E-state index in [1.807, 2.05) is 6.26 Å². The largest absolute Gasteiger partial charge is 0.353 e. The van der Waals surface area contributed by atoms with Crippen molar-refractivity contribution in [3.63, 3.8) is 0 Å². The van der Waals surface area contributed by atoms with Crippen molar-refractivity contribution in [3.8, 4) is 6.07 Å². The summed E-state index contributed by atoms with van der Waals surface area (Å²) < 4.78 is 0. The minimum Gasteiger partial charge on any atom is -0.353 e. The van der Waals surface area contributed by atoms with E-state index in [1.54, 1.807) is 6.33 Å². The first-order valence-electron chi connectivity index (χ1n) is 8.03. The Labute approximate surface area is 147 Å². The second kappa shape index (κ2) is 7.65. The molecular formula is C18H21N5S. The van der Waals surface area contributed by atoms with Gasteiger partial charge in [-0.15, -0.1) is 11.8 Å². The highest BCUT2D eigenvalue weighted by Gasteiger charge is 2.22. The second-order valence-electron chi connectivity index (χ2n) is 5.94. The summed E-state index contributed by atoms with van der Waals surface area (Å²) in [5.41, 5.74) is 3.23. The molecular weight excluding hydrogens is 318 g/mol. The summed E-state index contributed by atoms with van der Waals surface area (Å²) in [7, 11) is 0. The van der Waals surface area contributed by atoms with Crippen molar-refractivity contribution in [1.82, 2.24) is 14.9 Å². The maximum atomic E-state index is 9.45. The van der Waals surface area contributed by atoms with Crippen LogP contribution < -0.4 is 4.90 Å². The van der Waals surface area contributed by atoms with E-state index in [0.717, 1.165) is 43.6 Å². The van der Waals surface area contributed by atoms with Gasteiger partial charge < -0.3 is 4.90 Å². The highest BCUT2D eigenvalue weighted by Crippen LogP contribution is 2.25. The number of aromatic nitrogens is 2. The molecule has 24 heavy (non-hydrogen) atoms. The molecule has 1 saturated heterocycles. The average molecular weight is 339 g/mol. The van der Waals surface area contributed by atoms with Gasteiger partial charge in [-0.1, -0.05) is 29.8 Å². The standard InChI is InChI=1S/C18H21N5S/c1-14-3-5-15(6-4-14)12-22-7-9-23(10-8-22)17-16(11-19)18(24-2)21-13-20-17/h3-6,13H,7-10,12H2,1-2H3. The van der Waals surface area contributed by atoms with Crippen molar-refractivity contribution in [2.45, 2.75) is 18.5 Å². The Kier molecular flexibility index (Phi) is 5.34. The Hall–Kier alpha value is -2.10. The summed E-state index contributed by atoms with van der Waals surface area (Å²) in [4.78, 5) is 13.2. The minimum absolute atomic E-state index is 0.594. The number of nitrogens with zero attached hydrogens (tertiary/aromatic N) is 5. The molecule has 0 amide bonds. The molecule has 1 fully saturated rings. The van der Waals surface area contributed by atoms with Crippen molar-refractivity contribution >= 4 is 17.6 Å². The van der Waals surface area contributed by atoms with Crippen LogP contribution in [0.2, 0.25) is 0 Å². The molecule has 5 nitrogen and oxygen atoms in total. The Balaban J connectivity index is 1.65. The van der Waals surface area contributed by atoms with E-state index in [1.165, 1.54) is 22.9 Å². The lowest BCUT2D eigenvalue weighted by atomic mass is 10.1. The van der Waals surface area contributed by atoms with Crippen molar-refractivity contribution in [3.05, 3.63) is 47.3 Å². The third-order valence-corrected chi connectivity index (χ3v) is 4.99. The number of hydrogen-bond acceptors (Lipinski definition) is 6. The molecule has 2 heterocycles. The van der Waals surface area contributed by atoms with Gasteiger partial charge in [0, 0.05) is 32.7 Å². The number of hydrogen-bond donors (Lipinski definition) is 0. The number of piperazine rings is 1. The van der Waals surface area contributed by atoms with Crippen LogP contribution in [-0.2, 0) is 6.54 Å². The van der Waals surface area contributed by atoms with E-state index in [9.17, 15) is 5.26 Å². The summed E-state index contributed by atoms with van der Waals surface area (Å²) in [6, 6.07) is 11.0. The lowest BCUT2D eigenvalue weighted by molar-refractivity contribution is 0.249. The number of benzene rings is 1. The van der Waals surface area contributed by atoms with Gasteiger partial charge in [0.05, 0.1) is 0 Å². The Morgan fingerprint density at radius 2 is 1.83 bits per heavy atom. The molecule has 1 aromatic carbocycles. The van der Waals surface area contributed by atoms with Crippen LogP contribution in [0.25, 0.3) is 0 Å². The topological polar surface area (TPSA) is 56.1 Å². The van der Waals surface area contributed by atoms with Crippen LogP contribution in [0.1, 0.15) is 16.7 Å². The zero-order chi connectivity index (χ0) is 16.9. The molecule has 0 aliphatic carbocycles. The zero-order valence-electron chi connectivity index (χ0n) is 14.1. The van der Waals surface area contributed by atoms with Gasteiger partial charge in [0.1, 0.15) is 23.0 Å². The van der Waals surface area contributed by atoms with Crippen LogP contribution in [0.15, 0.2) is 35.6 Å². The number of anilines is 1. The summed E-state index contributed by atoms with van der Waals surface area (Å²) in [5, 5.41) is 10.2. The molecule has 1 aromatic heterocycles. The quantitative estimate of drug-likeness (QED) is 0.630. The zero-order valence-corrected chi connectivity index (χ0v) is 14.9. The van der Waals surface area contributed by atoms with E-state index in [2.05, 4.69) is 57.0 Å². The molecule has 0 unspecified atom stereocenters. The van der Waals surface area contributed by atoms with Gasteiger partial charge in [0.25, 0.3) is 0 Å². The van der Waals surface area contributed by atoms with E-state index in [0.29, 0.717) is 5.56 Å². The van der Waals surface area contributed by atoms with E-state index in [-0.39, 0.29) is 0 Å². The van der Waals surface area contributed by atoms with Crippen molar-refractivity contribution < 1.29 is 0 Å². The van der Waals surface area contributed by atoms with Gasteiger partial charge in [0.2, 0.25) is 0 Å². The first-order chi connectivity index (χ1) is 11.7. The van der Waals surface area contributed by atoms with Crippen LogP contribution in [0.3, 0.4) is 0 Å². The monoisotopic (exact) mass is 339 g/mol. The number of thioether (sulfide) groups is 1. The van der Waals surface area contributed by atoms with E-state index < -0.39 is 0 Å². The van der Waals surface area contributed by atoms with Gasteiger partial charge >= 0.3 is 0 Å². The molecule has 124 valence electrons. The van der Waals surface area contributed by atoms with Gasteiger partial charge in [-0.05, 0) is 18.7 Å². The minimum atomic E-state index is 0.594. The van der Waals surface area contributed by atoms with Crippen LogP contribution in [0, 0.1) is 18.3 Å². The van der Waals surface area contributed by atoms with E-state index in [4.69, 9.17) is 0 Å². The summed E-state index contributed by atoms with van der Waals surface area (Å²) >= 11 is 1.49. The lowest BCUT2D eigenvalue weighted by Gasteiger charge is -2.35. The first kappa shape index (κ1) is 16.7. The van der Waals surface area contributed by atoms with Crippen LogP contribution >= 0.6 is 11.8 Å². The highest BCUT2D eigenvalue weighted by atomic mass is 32.2. The van der Waals surface area contributed by atoms with Gasteiger partial charge in [-0.25, -0.2) is 9.97 Å². The fourth-order valence-electron chi connectivity index (χ4n) is 2.92. The maximum absolute atomic E-state index is 9.45. The molecule has 3 rings (SSSR count). The van der Waals surface area contributed by atoms with Crippen molar-refractivity contribution in [2.24, 2.45) is 0 Å². The normalized spacial score (nSPS) is 15.3. The predicted octanol–water partition coefficient (Wildman–Crippen LogP) is 2.70. The smallest absolute Gasteiger partial charge is 0.151 e. The number of nitriles is 1. The Morgan fingerprint density at radius 3 is 2.46 bits per heavy atom. The van der Waals surface area contributed by atoms with Gasteiger partial charge in [-0.2, -0.15) is 5.26 Å². The molecule has 0 spiro atoms. The summed E-state index contributed by atoms with van der Waals surface area (Å²) in [6.07, 6.45) is 3.49. The van der Waals surface area contributed by atoms with E-state index >= 15 is 0 Å². The predicted molar refractivity (Wildman–Crippen MR) is 97.2 cm³/mol. The third kappa shape index (κ3) is 3.69. The molecule has 6 heteroatoms. The van der Waals surface area contributed by atoms with Gasteiger partial charge in [0.15, 0.2) is 5.82 Å². The highest BCUT2D eigenvalue weighted by molar-refractivity contribution is 7.98. The summed E-state index contributed by atoms with van der Waals surface area (Å²) in [5.74, 6) is 0.770. The lowest BCUT2D eigenvalue weighted by Crippen LogP contribution is -2.46. The van der Waals surface area contributed by atoms with Crippen molar-refractivity contribution in [2.75, 3.05) is 37.3 Å². The van der Waals surface area contributed by atoms with Crippen LogP contribution in [-0.4, -0.2) is 47.3 Å².